The van der Waals surface area contributed by atoms with E-state index in [4.69, 9.17) is 15.2 Å². The summed E-state index contributed by atoms with van der Waals surface area (Å²) in [6.45, 7) is 3.66. The summed E-state index contributed by atoms with van der Waals surface area (Å²) in [5.74, 6) is 1.04. The lowest BCUT2D eigenvalue weighted by molar-refractivity contribution is 0.0416. The molecule has 1 saturated heterocycles. The van der Waals surface area contributed by atoms with Crippen LogP contribution in [-0.4, -0.2) is 25.4 Å². The maximum Gasteiger partial charge on any atom is 0.123 e. The molecule has 0 spiro atoms. The van der Waals surface area contributed by atoms with Crippen LogP contribution < -0.4 is 10.5 Å². The third-order valence-electron chi connectivity index (χ3n) is 4.58. The van der Waals surface area contributed by atoms with Gasteiger partial charge in [-0.15, -0.1) is 0 Å². The van der Waals surface area contributed by atoms with Crippen molar-refractivity contribution in [2.45, 2.75) is 38.4 Å². The van der Waals surface area contributed by atoms with Crippen molar-refractivity contribution < 1.29 is 9.47 Å². The molecule has 18 heavy (non-hydrogen) atoms. The number of rotatable bonds is 3. The molecule has 3 heteroatoms. The van der Waals surface area contributed by atoms with Gasteiger partial charge in [-0.05, 0) is 31.4 Å². The standard InChI is InChI=1S/C15H21NO2/c1-11-15(10-16,6-7-17-11)9-13-8-12-4-2-3-5-14(12)18-13/h2-5,11,13H,6-10,16H2,1H3. The molecule has 3 unspecified atom stereocenters. The molecule has 0 amide bonds. The molecule has 1 fully saturated rings. The molecule has 2 aliphatic heterocycles. The average molecular weight is 247 g/mol. The summed E-state index contributed by atoms with van der Waals surface area (Å²) in [5, 5.41) is 0. The van der Waals surface area contributed by atoms with E-state index in [2.05, 4.69) is 25.1 Å². The summed E-state index contributed by atoms with van der Waals surface area (Å²) < 4.78 is 11.7. The van der Waals surface area contributed by atoms with Gasteiger partial charge in [-0.25, -0.2) is 0 Å². The van der Waals surface area contributed by atoms with Gasteiger partial charge in [-0.2, -0.15) is 0 Å². The number of hydrogen-bond acceptors (Lipinski definition) is 3. The van der Waals surface area contributed by atoms with Crippen molar-refractivity contribution >= 4 is 0 Å². The Hall–Kier alpha value is -1.06. The number of fused-ring (bicyclic) bond motifs is 1. The smallest absolute Gasteiger partial charge is 0.123 e. The predicted molar refractivity (Wildman–Crippen MR) is 70.7 cm³/mol. The van der Waals surface area contributed by atoms with E-state index in [1.54, 1.807) is 0 Å². The Morgan fingerprint density at radius 3 is 2.89 bits per heavy atom. The molecule has 1 aromatic carbocycles. The molecular formula is C15H21NO2. The Morgan fingerprint density at radius 2 is 2.22 bits per heavy atom. The molecule has 3 atom stereocenters. The van der Waals surface area contributed by atoms with Crippen molar-refractivity contribution in [1.82, 2.24) is 0 Å². The molecule has 3 nitrogen and oxygen atoms in total. The van der Waals surface area contributed by atoms with E-state index in [0.717, 1.165) is 31.6 Å². The first kappa shape index (κ1) is 12.0. The number of ether oxygens (including phenoxy) is 2. The lowest BCUT2D eigenvalue weighted by atomic mass is 9.76. The Morgan fingerprint density at radius 1 is 1.39 bits per heavy atom. The van der Waals surface area contributed by atoms with Gasteiger partial charge in [0.05, 0.1) is 6.10 Å². The van der Waals surface area contributed by atoms with Gasteiger partial charge < -0.3 is 15.2 Å². The highest BCUT2D eigenvalue weighted by molar-refractivity contribution is 5.37. The Bertz CT molecular complexity index is 409. The Balaban J connectivity index is 1.72. The lowest BCUT2D eigenvalue weighted by Crippen LogP contribution is -2.40. The minimum Gasteiger partial charge on any atom is -0.490 e. The van der Waals surface area contributed by atoms with Crippen LogP contribution in [0.4, 0.5) is 0 Å². The van der Waals surface area contributed by atoms with Crippen molar-refractivity contribution in [3.8, 4) is 5.75 Å². The molecule has 2 aliphatic rings. The summed E-state index contributed by atoms with van der Waals surface area (Å²) >= 11 is 0. The predicted octanol–water partition coefficient (Wildman–Crippen LogP) is 2.13. The van der Waals surface area contributed by atoms with Crippen molar-refractivity contribution in [1.29, 1.82) is 0 Å². The molecule has 0 aliphatic carbocycles. The fourth-order valence-corrected chi connectivity index (χ4v) is 3.26. The number of nitrogens with two attached hydrogens (primary N) is 1. The summed E-state index contributed by atoms with van der Waals surface area (Å²) in [6, 6.07) is 8.31. The molecule has 1 aromatic rings. The van der Waals surface area contributed by atoms with Crippen molar-refractivity contribution in [3.63, 3.8) is 0 Å². The quantitative estimate of drug-likeness (QED) is 0.890. The molecule has 3 rings (SSSR count). The second kappa shape index (κ2) is 4.56. The van der Waals surface area contributed by atoms with E-state index >= 15 is 0 Å². The van der Waals surface area contributed by atoms with Crippen LogP contribution in [0, 0.1) is 5.41 Å². The van der Waals surface area contributed by atoms with E-state index in [0.29, 0.717) is 6.54 Å². The van der Waals surface area contributed by atoms with Gasteiger partial charge in [0.1, 0.15) is 11.9 Å². The van der Waals surface area contributed by atoms with Crippen LogP contribution in [0.3, 0.4) is 0 Å². The van der Waals surface area contributed by atoms with Crippen LogP contribution in [0.2, 0.25) is 0 Å². The van der Waals surface area contributed by atoms with Gasteiger partial charge in [-0.3, -0.25) is 0 Å². The lowest BCUT2D eigenvalue weighted by Gasteiger charge is -2.32. The third kappa shape index (κ3) is 1.91. The van der Waals surface area contributed by atoms with Crippen LogP contribution >= 0.6 is 0 Å². The second-order valence-corrected chi connectivity index (χ2v) is 5.59. The van der Waals surface area contributed by atoms with Crippen LogP contribution in [0.25, 0.3) is 0 Å². The fourth-order valence-electron chi connectivity index (χ4n) is 3.26. The van der Waals surface area contributed by atoms with E-state index < -0.39 is 0 Å². The fraction of sp³-hybridized carbons (Fsp3) is 0.600. The SMILES string of the molecule is CC1OCCC1(CN)CC1Cc2ccccc2O1. The maximum absolute atomic E-state index is 6.03. The zero-order chi connectivity index (χ0) is 12.6. The maximum atomic E-state index is 6.03. The van der Waals surface area contributed by atoms with Gasteiger partial charge in [0.15, 0.2) is 0 Å². The topological polar surface area (TPSA) is 44.5 Å². The zero-order valence-electron chi connectivity index (χ0n) is 10.9. The van der Waals surface area contributed by atoms with Crippen LogP contribution in [0.15, 0.2) is 24.3 Å². The van der Waals surface area contributed by atoms with Gasteiger partial charge >= 0.3 is 0 Å². The van der Waals surface area contributed by atoms with Gasteiger partial charge in [0, 0.05) is 25.0 Å². The summed E-state index contributed by atoms with van der Waals surface area (Å²) in [4.78, 5) is 0. The van der Waals surface area contributed by atoms with E-state index in [1.807, 2.05) is 6.07 Å². The molecule has 0 bridgehead atoms. The third-order valence-corrected chi connectivity index (χ3v) is 4.58. The van der Waals surface area contributed by atoms with E-state index in [1.165, 1.54) is 5.56 Å². The molecule has 0 radical (unpaired) electrons. The number of hydrogen-bond donors (Lipinski definition) is 1. The second-order valence-electron chi connectivity index (χ2n) is 5.59. The van der Waals surface area contributed by atoms with Crippen LogP contribution in [-0.2, 0) is 11.2 Å². The minimum absolute atomic E-state index is 0.104. The van der Waals surface area contributed by atoms with E-state index in [9.17, 15) is 0 Å². The largest absolute Gasteiger partial charge is 0.490 e. The monoisotopic (exact) mass is 247 g/mol. The zero-order valence-corrected chi connectivity index (χ0v) is 10.9. The molecule has 2 heterocycles. The first-order valence-electron chi connectivity index (χ1n) is 6.80. The Labute approximate surface area is 108 Å². The van der Waals surface area contributed by atoms with E-state index in [-0.39, 0.29) is 17.6 Å². The van der Waals surface area contributed by atoms with Gasteiger partial charge in [-0.1, -0.05) is 18.2 Å². The van der Waals surface area contributed by atoms with Crippen molar-refractivity contribution in [2.24, 2.45) is 11.1 Å². The normalized spacial score (nSPS) is 34.3. The number of para-hydroxylation sites is 1. The number of benzene rings is 1. The van der Waals surface area contributed by atoms with Crippen molar-refractivity contribution in [2.75, 3.05) is 13.2 Å². The summed E-state index contributed by atoms with van der Waals surface area (Å²) in [5.41, 5.74) is 7.43. The molecule has 2 N–H and O–H groups in total. The van der Waals surface area contributed by atoms with Gasteiger partial charge in [0.2, 0.25) is 0 Å². The minimum atomic E-state index is 0.104. The van der Waals surface area contributed by atoms with Gasteiger partial charge in [0.25, 0.3) is 0 Å². The first-order chi connectivity index (χ1) is 8.73. The molecule has 98 valence electrons. The average Bonchev–Trinajstić information content (AvgIpc) is 2.94. The van der Waals surface area contributed by atoms with Crippen LogP contribution in [0.1, 0.15) is 25.3 Å². The first-order valence-corrected chi connectivity index (χ1v) is 6.80. The summed E-state index contributed by atoms with van der Waals surface area (Å²) in [6.07, 6.45) is 3.56. The molecular weight excluding hydrogens is 226 g/mol. The molecule has 0 saturated carbocycles. The van der Waals surface area contributed by atoms with Crippen molar-refractivity contribution in [3.05, 3.63) is 29.8 Å². The highest BCUT2D eigenvalue weighted by Crippen LogP contribution is 2.41. The van der Waals surface area contributed by atoms with Crippen LogP contribution in [0.5, 0.6) is 5.75 Å². The Kier molecular flexibility index (Phi) is 3.04. The highest BCUT2D eigenvalue weighted by atomic mass is 16.5. The summed E-state index contributed by atoms with van der Waals surface area (Å²) in [7, 11) is 0. The highest BCUT2D eigenvalue weighted by Gasteiger charge is 2.43. The molecule has 0 aromatic heterocycles.